The molecule has 1 aliphatic carbocycles. The van der Waals surface area contributed by atoms with E-state index in [1.807, 2.05) is 19.1 Å². The summed E-state index contributed by atoms with van der Waals surface area (Å²) >= 11 is 0. The molecule has 2 rings (SSSR count). The molecule has 0 aromatic heterocycles. The number of hydrogen-bond donors (Lipinski definition) is 1. The zero-order valence-corrected chi connectivity index (χ0v) is 14.8. The van der Waals surface area contributed by atoms with Gasteiger partial charge in [0, 0.05) is 28.9 Å². The van der Waals surface area contributed by atoms with Gasteiger partial charge in [-0.15, -0.1) is 0 Å². The van der Waals surface area contributed by atoms with Crippen LogP contribution < -0.4 is 5.32 Å². The zero-order valence-electron chi connectivity index (χ0n) is 14.8. The van der Waals surface area contributed by atoms with Crippen LogP contribution in [-0.4, -0.2) is 35.7 Å². The zero-order chi connectivity index (χ0) is 19.3. The molecule has 1 aromatic carbocycles. The Labute approximate surface area is 151 Å². The number of benzene rings is 1. The molecule has 1 N–H and O–H groups in total. The van der Waals surface area contributed by atoms with Crippen LogP contribution in [0.2, 0.25) is 0 Å². The minimum Gasteiger partial charge on any atom is -0.456 e. The third-order valence-corrected chi connectivity index (χ3v) is 4.63. The number of carbonyl (C=O) groups excluding carboxylic acids is 3. The number of nitrogens with zero attached hydrogens (tertiary/aromatic N) is 1. The summed E-state index contributed by atoms with van der Waals surface area (Å²) in [7, 11) is 0. The quantitative estimate of drug-likeness (QED) is 0.450. The number of carbonyl (C=O) groups is 3. The van der Waals surface area contributed by atoms with Gasteiger partial charge in [-0.05, 0) is 25.0 Å². The average molecular weight is 362 g/mol. The minimum atomic E-state index is -0.719. The Hall–Kier alpha value is -2.77. The highest BCUT2D eigenvalue weighted by Crippen LogP contribution is 2.36. The monoisotopic (exact) mass is 362 g/mol. The number of rotatable bonds is 7. The third-order valence-electron chi connectivity index (χ3n) is 4.63. The van der Waals surface area contributed by atoms with E-state index >= 15 is 0 Å². The van der Waals surface area contributed by atoms with Gasteiger partial charge in [-0.25, -0.2) is 0 Å². The summed E-state index contributed by atoms with van der Waals surface area (Å²) in [6.07, 6.45) is -0.0101. The standard InChI is InChI=1S/C18H22N2O6/c1-11-3-5-13(6-4-11)19-17(22)10-26-18(23)8-14-15(9-20(24)25)12(2)7-16(14)21/h3-6,12,14-15H,7-10H2,1-2H3,(H,19,22)/t12-,14+,15-/m1/s1. The first-order valence-electron chi connectivity index (χ1n) is 8.43. The van der Waals surface area contributed by atoms with Crippen LogP contribution in [-0.2, 0) is 19.1 Å². The molecule has 26 heavy (non-hydrogen) atoms. The van der Waals surface area contributed by atoms with Gasteiger partial charge < -0.3 is 10.1 Å². The van der Waals surface area contributed by atoms with Gasteiger partial charge in [0.1, 0.15) is 5.78 Å². The largest absolute Gasteiger partial charge is 0.456 e. The molecular weight excluding hydrogens is 340 g/mol. The molecule has 1 aromatic rings. The topological polar surface area (TPSA) is 116 Å². The van der Waals surface area contributed by atoms with Crippen LogP contribution in [0.15, 0.2) is 24.3 Å². The fraction of sp³-hybridized carbons (Fsp3) is 0.500. The van der Waals surface area contributed by atoms with Crippen molar-refractivity contribution in [2.24, 2.45) is 17.8 Å². The third kappa shape index (κ3) is 5.37. The number of Topliss-reactive ketones (excluding diaryl/α,β-unsaturated/α-hetero) is 1. The molecule has 0 saturated heterocycles. The molecule has 0 heterocycles. The summed E-state index contributed by atoms with van der Waals surface area (Å²) in [4.78, 5) is 46.1. The van der Waals surface area contributed by atoms with Crippen molar-refractivity contribution >= 4 is 23.3 Å². The molecule has 3 atom stereocenters. The van der Waals surface area contributed by atoms with E-state index in [-0.39, 0.29) is 31.1 Å². The lowest BCUT2D eigenvalue weighted by Gasteiger charge is -2.17. The predicted molar refractivity (Wildman–Crippen MR) is 93.0 cm³/mol. The number of hydrogen-bond acceptors (Lipinski definition) is 6. The normalized spacial score (nSPS) is 22.1. The SMILES string of the molecule is Cc1ccc(NC(=O)COC(=O)C[C@@H]2C(=O)C[C@@H](C)[C@H]2C[N+](=O)[O-])cc1. The molecule has 0 radical (unpaired) electrons. The van der Waals surface area contributed by atoms with Gasteiger partial charge in [-0.1, -0.05) is 24.6 Å². The first-order valence-corrected chi connectivity index (χ1v) is 8.43. The Morgan fingerprint density at radius 1 is 1.31 bits per heavy atom. The van der Waals surface area contributed by atoms with Gasteiger partial charge in [0.25, 0.3) is 5.91 Å². The van der Waals surface area contributed by atoms with Crippen LogP contribution in [0, 0.1) is 34.8 Å². The van der Waals surface area contributed by atoms with Crippen LogP contribution in [0.1, 0.15) is 25.3 Å². The lowest BCUT2D eigenvalue weighted by molar-refractivity contribution is -0.490. The molecule has 0 bridgehead atoms. The van der Waals surface area contributed by atoms with E-state index in [9.17, 15) is 24.5 Å². The van der Waals surface area contributed by atoms with Crippen LogP contribution in [0.5, 0.6) is 0 Å². The summed E-state index contributed by atoms with van der Waals surface area (Å²) < 4.78 is 4.93. The summed E-state index contributed by atoms with van der Waals surface area (Å²) in [5.74, 6) is -2.70. The fourth-order valence-corrected chi connectivity index (χ4v) is 3.22. The van der Waals surface area contributed by atoms with Gasteiger partial charge >= 0.3 is 5.97 Å². The van der Waals surface area contributed by atoms with Crippen molar-refractivity contribution in [2.45, 2.75) is 26.7 Å². The summed E-state index contributed by atoms with van der Waals surface area (Å²) in [6, 6.07) is 7.14. The van der Waals surface area contributed by atoms with Crippen molar-refractivity contribution in [3.05, 3.63) is 39.9 Å². The van der Waals surface area contributed by atoms with Crippen molar-refractivity contribution in [2.75, 3.05) is 18.5 Å². The number of nitrogens with one attached hydrogen (secondary N) is 1. The van der Waals surface area contributed by atoms with Gasteiger partial charge in [-0.3, -0.25) is 24.5 Å². The average Bonchev–Trinajstić information content (AvgIpc) is 2.81. The molecule has 0 aliphatic heterocycles. The molecule has 8 nitrogen and oxygen atoms in total. The van der Waals surface area contributed by atoms with E-state index in [1.54, 1.807) is 19.1 Å². The maximum Gasteiger partial charge on any atom is 0.307 e. The Bertz CT molecular complexity index is 700. The van der Waals surface area contributed by atoms with Crippen LogP contribution in [0.4, 0.5) is 5.69 Å². The highest BCUT2D eigenvalue weighted by Gasteiger charge is 2.44. The van der Waals surface area contributed by atoms with Crippen molar-refractivity contribution in [3.63, 3.8) is 0 Å². The first kappa shape index (κ1) is 19.6. The Morgan fingerprint density at radius 2 is 1.96 bits per heavy atom. The maximum atomic E-state index is 12.0. The van der Waals surface area contributed by atoms with Crippen LogP contribution in [0.25, 0.3) is 0 Å². The van der Waals surface area contributed by atoms with E-state index in [0.29, 0.717) is 5.69 Å². The van der Waals surface area contributed by atoms with E-state index in [2.05, 4.69) is 5.32 Å². The number of aryl methyl sites for hydroxylation is 1. The second-order valence-corrected chi connectivity index (χ2v) is 6.71. The lowest BCUT2D eigenvalue weighted by Crippen LogP contribution is -2.28. The van der Waals surface area contributed by atoms with Crippen molar-refractivity contribution in [1.29, 1.82) is 0 Å². The van der Waals surface area contributed by atoms with E-state index in [4.69, 9.17) is 4.74 Å². The Balaban J connectivity index is 1.83. The predicted octanol–water partition coefficient (Wildman–Crippen LogP) is 1.98. The van der Waals surface area contributed by atoms with E-state index in [1.165, 1.54) is 0 Å². The van der Waals surface area contributed by atoms with Crippen LogP contribution >= 0.6 is 0 Å². The Morgan fingerprint density at radius 3 is 2.58 bits per heavy atom. The summed E-state index contributed by atoms with van der Waals surface area (Å²) in [5.41, 5.74) is 1.64. The fourth-order valence-electron chi connectivity index (χ4n) is 3.22. The summed E-state index contributed by atoms with van der Waals surface area (Å²) in [5, 5.41) is 13.4. The highest BCUT2D eigenvalue weighted by molar-refractivity contribution is 5.93. The molecular formula is C18H22N2O6. The molecule has 1 saturated carbocycles. The number of esters is 1. The van der Waals surface area contributed by atoms with Gasteiger partial charge in [0.15, 0.2) is 6.61 Å². The number of nitro groups is 1. The molecule has 0 spiro atoms. The summed E-state index contributed by atoms with van der Waals surface area (Å²) in [6.45, 7) is 2.87. The van der Waals surface area contributed by atoms with E-state index in [0.717, 1.165) is 5.56 Å². The molecule has 1 fully saturated rings. The Kier molecular flexibility index (Phi) is 6.43. The van der Waals surface area contributed by atoms with Gasteiger partial charge in [0.05, 0.1) is 6.42 Å². The number of amides is 1. The van der Waals surface area contributed by atoms with Crippen molar-refractivity contribution in [1.82, 2.24) is 0 Å². The lowest BCUT2D eigenvalue weighted by atomic mass is 9.88. The molecule has 1 aliphatic rings. The molecule has 1 amide bonds. The molecule has 8 heteroatoms. The molecule has 0 unspecified atom stereocenters. The maximum absolute atomic E-state index is 12.0. The molecule has 140 valence electrons. The second-order valence-electron chi connectivity index (χ2n) is 6.71. The first-order chi connectivity index (χ1) is 12.3. The smallest absolute Gasteiger partial charge is 0.307 e. The van der Waals surface area contributed by atoms with Gasteiger partial charge in [-0.2, -0.15) is 0 Å². The number of ketones is 1. The second kappa shape index (κ2) is 8.55. The minimum absolute atomic E-state index is 0.143. The van der Waals surface area contributed by atoms with Crippen LogP contribution in [0.3, 0.4) is 0 Å². The van der Waals surface area contributed by atoms with E-state index < -0.39 is 35.2 Å². The number of ether oxygens (including phenoxy) is 1. The van der Waals surface area contributed by atoms with Crippen molar-refractivity contribution in [3.8, 4) is 0 Å². The number of anilines is 1. The highest BCUT2D eigenvalue weighted by atomic mass is 16.6. The van der Waals surface area contributed by atoms with Crippen molar-refractivity contribution < 1.29 is 24.0 Å². The van der Waals surface area contributed by atoms with Gasteiger partial charge in [0.2, 0.25) is 6.54 Å².